The van der Waals surface area contributed by atoms with Crippen molar-refractivity contribution in [1.82, 2.24) is 0 Å². The summed E-state index contributed by atoms with van der Waals surface area (Å²) in [5, 5.41) is 2.38. The molecule has 120 valence electrons. The van der Waals surface area contributed by atoms with Crippen molar-refractivity contribution in [2.45, 2.75) is 12.5 Å². The van der Waals surface area contributed by atoms with Gasteiger partial charge in [0.15, 0.2) is 5.60 Å². The second-order valence-corrected chi connectivity index (χ2v) is 6.26. The molecule has 0 aromatic heterocycles. The van der Waals surface area contributed by atoms with E-state index >= 15 is 0 Å². The Hall–Kier alpha value is -2.65. The summed E-state index contributed by atoms with van der Waals surface area (Å²) in [5.74, 6) is 0.638. The maximum Gasteiger partial charge on any atom is 0.222 e. The van der Waals surface area contributed by atoms with Gasteiger partial charge in [0.1, 0.15) is 0 Å². The maximum absolute atomic E-state index is 6.30. The van der Waals surface area contributed by atoms with Gasteiger partial charge in [-0.3, -0.25) is 0 Å². The SMILES string of the molecule is COCC1(C)OC(c2ccc3ccccc3c2)=Nc2ccccc21. The Morgan fingerprint density at radius 3 is 2.54 bits per heavy atom. The molecule has 3 heteroatoms. The molecule has 4 rings (SSSR count). The molecule has 0 N–H and O–H groups in total. The van der Waals surface area contributed by atoms with Gasteiger partial charge in [0.05, 0.1) is 12.3 Å². The molecule has 0 bridgehead atoms. The van der Waals surface area contributed by atoms with Crippen LogP contribution in [0.4, 0.5) is 5.69 Å². The highest BCUT2D eigenvalue weighted by Crippen LogP contribution is 2.38. The van der Waals surface area contributed by atoms with E-state index < -0.39 is 5.60 Å². The van der Waals surface area contributed by atoms with Crippen LogP contribution in [-0.2, 0) is 15.1 Å². The summed E-state index contributed by atoms with van der Waals surface area (Å²) in [7, 11) is 1.69. The van der Waals surface area contributed by atoms with Crippen LogP contribution in [0, 0.1) is 0 Å². The van der Waals surface area contributed by atoms with E-state index in [9.17, 15) is 0 Å². The monoisotopic (exact) mass is 317 g/mol. The van der Waals surface area contributed by atoms with E-state index in [2.05, 4.69) is 36.4 Å². The number of para-hydroxylation sites is 1. The number of hydrogen-bond donors (Lipinski definition) is 0. The first kappa shape index (κ1) is 14.9. The molecular formula is C21H19NO2. The molecule has 0 saturated carbocycles. The van der Waals surface area contributed by atoms with Crippen LogP contribution >= 0.6 is 0 Å². The van der Waals surface area contributed by atoms with Crippen LogP contribution in [0.15, 0.2) is 71.7 Å². The fraction of sp³-hybridized carbons (Fsp3) is 0.190. The zero-order chi connectivity index (χ0) is 16.6. The molecule has 1 heterocycles. The third-order valence-electron chi connectivity index (χ3n) is 4.43. The van der Waals surface area contributed by atoms with Crippen molar-refractivity contribution >= 4 is 22.4 Å². The Bertz CT molecular complexity index is 932. The first-order valence-electron chi connectivity index (χ1n) is 8.05. The van der Waals surface area contributed by atoms with E-state index in [1.807, 2.05) is 37.3 Å². The highest BCUT2D eigenvalue weighted by Gasteiger charge is 2.36. The van der Waals surface area contributed by atoms with Crippen LogP contribution in [-0.4, -0.2) is 19.6 Å². The molecule has 3 aromatic carbocycles. The minimum Gasteiger partial charge on any atom is -0.463 e. The second-order valence-electron chi connectivity index (χ2n) is 6.26. The first-order valence-corrected chi connectivity index (χ1v) is 8.05. The van der Waals surface area contributed by atoms with Crippen LogP contribution in [0.3, 0.4) is 0 Å². The van der Waals surface area contributed by atoms with Gasteiger partial charge in [0.25, 0.3) is 0 Å². The third-order valence-corrected chi connectivity index (χ3v) is 4.43. The Kier molecular flexibility index (Phi) is 3.58. The number of fused-ring (bicyclic) bond motifs is 2. The lowest BCUT2D eigenvalue weighted by Crippen LogP contribution is -2.36. The van der Waals surface area contributed by atoms with Gasteiger partial charge in [0.2, 0.25) is 5.90 Å². The van der Waals surface area contributed by atoms with Crippen LogP contribution in [0.1, 0.15) is 18.1 Å². The quantitative estimate of drug-likeness (QED) is 0.694. The zero-order valence-electron chi connectivity index (χ0n) is 13.8. The number of rotatable bonds is 3. The van der Waals surface area contributed by atoms with Crippen molar-refractivity contribution in [2.75, 3.05) is 13.7 Å². The van der Waals surface area contributed by atoms with E-state index in [1.54, 1.807) is 7.11 Å². The van der Waals surface area contributed by atoms with Crippen molar-refractivity contribution in [1.29, 1.82) is 0 Å². The van der Waals surface area contributed by atoms with E-state index in [4.69, 9.17) is 14.5 Å². The molecule has 0 fully saturated rings. The lowest BCUT2D eigenvalue weighted by atomic mass is 9.93. The molecule has 24 heavy (non-hydrogen) atoms. The van der Waals surface area contributed by atoms with E-state index in [0.717, 1.165) is 16.8 Å². The predicted octanol–water partition coefficient (Wildman–Crippen LogP) is 4.81. The lowest BCUT2D eigenvalue weighted by molar-refractivity contribution is -0.0108. The first-order chi connectivity index (χ1) is 11.7. The van der Waals surface area contributed by atoms with Crippen molar-refractivity contribution in [3.8, 4) is 0 Å². The highest BCUT2D eigenvalue weighted by molar-refractivity contribution is 6.01. The second kappa shape index (κ2) is 5.77. The molecule has 1 aliphatic heterocycles. The Labute approximate surface area is 141 Å². The molecule has 1 unspecified atom stereocenters. The Morgan fingerprint density at radius 2 is 1.71 bits per heavy atom. The average molecular weight is 317 g/mol. The van der Waals surface area contributed by atoms with Crippen molar-refractivity contribution < 1.29 is 9.47 Å². The summed E-state index contributed by atoms with van der Waals surface area (Å²) < 4.78 is 11.7. The topological polar surface area (TPSA) is 30.8 Å². The standard InChI is InChI=1S/C21H19NO2/c1-21(14-23-2)18-9-5-6-10-19(18)22-20(24-21)17-12-11-15-7-3-4-8-16(15)13-17/h3-13H,14H2,1-2H3. The number of nitrogens with zero attached hydrogens (tertiary/aromatic N) is 1. The fourth-order valence-corrected chi connectivity index (χ4v) is 3.25. The van der Waals surface area contributed by atoms with E-state index in [1.165, 1.54) is 10.8 Å². The van der Waals surface area contributed by atoms with Gasteiger partial charge in [0, 0.05) is 18.2 Å². The predicted molar refractivity (Wildman–Crippen MR) is 96.9 cm³/mol. The minimum absolute atomic E-state index is 0.469. The van der Waals surface area contributed by atoms with Crippen LogP contribution < -0.4 is 0 Å². The molecule has 3 nitrogen and oxygen atoms in total. The van der Waals surface area contributed by atoms with Crippen molar-refractivity contribution in [3.63, 3.8) is 0 Å². The van der Waals surface area contributed by atoms with E-state index in [-0.39, 0.29) is 0 Å². The molecule has 0 aliphatic carbocycles. The molecule has 0 radical (unpaired) electrons. The average Bonchev–Trinajstić information content (AvgIpc) is 2.61. The summed E-state index contributed by atoms with van der Waals surface area (Å²) in [6.45, 7) is 2.52. The van der Waals surface area contributed by atoms with Gasteiger partial charge in [-0.25, -0.2) is 4.99 Å². The number of hydrogen-bond acceptors (Lipinski definition) is 3. The fourth-order valence-electron chi connectivity index (χ4n) is 3.25. The largest absolute Gasteiger partial charge is 0.463 e. The summed E-state index contributed by atoms with van der Waals surface area (Å²) in [4.78, 5) is 4.74. The van der Waals surface area contributed by atoms with Crippen LogP contribution in [0.2, 0.25) is 0 Å². The molecule has 0 spiro atoms. The summed E-state index contributed by atoms with van der Waals surface area (Å²) in [6.07, 6.45) is 0. The zero-order valence-corrected chi connectivity index (χ0v) is 13.8. The van der Waals surface area contributed by atoms with Gasteiger partial charge in [-0.1, -0.05) is 48.5 Å². The summed E-state index contributed by atoms with van der Waals surface area (Å²) in [5.41, 5.74) is 2.42. The molecule has 3 aromatic rings. The molecule has 1 aliphatic rings. The minimum atomic E-state index is -0.548. The Balaban J connectivity index is 1.84. The number of methoxy groups -OCH3 is 1. The molecule has 0 saturated heterocycles. The number of aliphatic imine (C=N–C) groups is 1. The van der Waals surface area contributed by atoms with Crippen LogP contribution in [0.5, 0.6) is 0 Å². The normalized spacial score (nSPS) is 19.5. The Morgan fingerprint density at radius 1 is 0.958 bits per heavy atom. The molecular weight excluding hydrogens is 298 g/mol. The number of benzene rings is 3. The van der Waals surface area contributed by atoms with Gasteiger partial charge in [-0.15, -0.1) is 0 Å². The summed E-state index contributed by atoms with van der Waals surface area (Å²) >= 11 is 0. The maximum atomic E-state index is 6.30. The highest BCUT2D eigenvalue weighted by atomic mass is 16.5. The lowest BCUT2D eigenvalue weighted by Gasteiger charge is -2.35. The van der Waals surface area contributed by atoms with Crippen molar-refractivity contribution in [2.24, 2.45) is 4.99 Å². The van der Waals surface area contributed by atoms with Gasteiger partial charge >= 0.3 is 0 Å². The molecule has 1 atom stereocenters. The molecule has 0 amide bonds. The smallest absolute Gasteiger partial charge is 0.222 e. The van der Waals surface area contributed by atoms with E-state index in [0.29, 0.717) is 12.5 Å². The van der Waals surface area contributed by atoms with Gasteiger partial charge in [-0.2, -0.15) is 0 Å². The van der Waals surface area contributed by atoms with Crippen LogP contribution in [0.25, 0.3) is 10.8 Å². The number of ether oxygens (including phenoxy) is 2. The van der Waals surface area contributed by atoms with Gasteiger partial charge in [-0.05, 0) is 35.9 Å². The third kappa shape index (κ3) is 2.47. The van der Waals surface area contributed by atoms with Crippen molar-refractivity contribution in [3.05, 3.63) is 77.9 Å². The van der Waals surface area contributed by atoms with Gasteiger partial charge < -0.3 is 9.47 Å². The summed E-state index contributed by atoms with van der Waals surface area (Å²) in [6, 6.07) is 22.6.